The molecule has 8 aromatic carbocycles. The Labute approximate surface area is 324 Å². The van der Waals surface area contributed by atoms with E-state index in [1.54, 1.807) is 0 Å². The van der Waals surface area contributed by atoms with Crippen molar-refractivity contribution in [3.05, 3.63) is 222 Å². The predicted octanol–water partition coefficient (Wildman–Crippen LogP) is 12.8. The highest BCUT2D eigenvalue weighted by Gasteiger charge is 2.47. The normalized spacial score (nSPS) is 12.8. The van der Waals surface area contributed by atoms with Crippen molar-refractivity contribution in [3.8, 4) is 56.4 Å². The van der Waals surface area contributed by atoms with Crippen LogP contribution in [0.4, 0.5) is 0 Å². The highest BCUT2D eigenvalue weighted by atomic mass is 16.3. The van der Waals surface area contributed by atoms with Gasteiger partial charge in [-0.25, -0.2) is 15.0 Å². The number of fused-ring (bicyclic) bond motifs is 7. The van der Waals surface area contributed by atoms with Gasteiger partial charge in [-0.1, -0.05) is 182 Å². The van der Waals surface area contributed by atoms with E-state index in [0.29, 0.717) is 17.5 Å². The van der Waals surface area contributed by atoms with Gasteiger partial charge in [0.1, 0.15) is 11.2 Å². The van der Waals surface area contributed by atoms with Crippen LogP contribution in [0.2, 0.25) is 0 Å². The first-order valence-electron chi connectivity index (χ1n) is 18.9. The fraction of sp³-hybridized carbons (Fsp3) is 0.0192. The third-order valence-corrected chi connectivity index (χ3v) is 11.2. The van der Waals surface area contributed by atoms with E-state index in [1.807, 2.05) is 66.7 Å². The molecule has 4 nitrogen and oxygen atoms in total. The van der Waals surface area contributed by atoms with Crippen LogP contribution in [0.1, 0.15) is 22.3 Å². The third kappa shape index (κ3) is 4.89. The summed E-state index contributed by atoms with van der Waals surface area (Å²) in [5, 5.41) is 2.22. The molecule has 11 rings (SSSR count). The monoisotopic (exact) mass is 715 g/mol. The highest BCUT2D eigenvalue weighted by Crippen LogP contribution is 2.60. The van der Waals surface area contributed by atoms with Gasteiger partial charge in [-0.05, 0) is 57.1 Å². The van der Waals surface area contributed by atoms with E-state index in [2.05, 4.69) is 133 Å². The number of hydrogen-bond acceptors (Lipinski definition) is 4. The maximum absolute atomic E-state index is 6.92. The molecule has 0 saturated carbocycles. The van der Waals surface area contributed by atoms with Gasteiger partial charge in [0.05, 0.1) is 5.41 Å². The van der Waals surface area contributed by atoms with Crippen LogP contribution in [-0.4, -0.2) is 15.0 Å². The summed E-state index contributed by atoms with van der Waals surface area (Å²) in [4.78, 5) is 15.1. The van der Waals surface area contributed by atoms with Crippen molar-refractivity contribution >= 4 is 21.9 Å². The second-order valence-electron chi connectivity index (χ2n) is 14.3. The Morgan fingerprint density at radius 2 is 0.875 bits per heavy atom. The summed E-state index contributed by atoms with van der Waals surface area (Å²) in [6, 6.07) is 70.4. The molecule has 0 bridgehead atoms. The summed E-state index contributed by atoms with van der Waals surface area (Å²) in [5.41, 5.74) is 13.3. The van der Waals surface area contributed by atoms with Crippen LogP contribution >= 0.6 is 0 Å². The zero-order valence-electron chi connectivity index (χ0n) is 30.3. The molecule has 1 aliphatic carbocycles. The van der Waals surface area contributed by atoms with Gasteiger partial charge < -0.3 is 4.42 Å². The summed E-state index contributed by atoms with van der Waals surface area (Å²) < 4.78 is 6.92. The van der Waals surface area contributed by atoms with Crippen molar-refractivity contribution in [3.63, 3.8) is 0 Å². The second-order valence-corrected chi connectivity index (χ2v) is 14.3. The molecule has 2 aromatic heterocycles. The summed E-state index contributed by atoms with van der Waals surface area (Å²) in [7, 11) is 0. The molecule has 0 spiro atoms. The molecule has 10 aromatic rings. The molecule has 56 heavy (non-hydrogen) atoms. The van der Waals surface area contributed by atoms with E-state index < -0.39 is 5.41 Å². The van der Waals surface area contributed by atoms with Crippen LogP contribution in [0.3, 0.4) is 0 Å². The SMILES string of the molecule is c1ccc(-c2nc(-c3ccccc3)nc(-c3cccc(-c4cc5c(c6c4oc4ccccc46)-c4ccccc4C5(c4ccccc4)c4ccccc4)c3)n2)cc1. The average Bonchev–Trinajstić information content (AvgIpc) is 3.81. The summed E-state index contributed by atoms with van der Waals surface area (Å²) in [6.07, 6.45) is 0. The second kappa shape index (κ2) is 12.9. The fourth-order valence-corrected chi connectivity index (χ4v) is 8.79. The van der Waals surface area contributed by atoms with Gasteiger partial charge in [0.25, 0.3) is 0 Å². The van der Waals surface area contributed by atoms with Crippen LogP contribution in [0.5, 0.6) is 0 Å². The number of para-hydroxylation sites is 1. The quantitative estimate of drug-likeness (QED) is 0.172. The minimum Gasteiger partial charge on any atom is -0.455 e. The van der Waals surface area contributed by atoms with Gasteiger partial charge in [0.15, 0.2) is 17.5 Å². The lowest BCUT2D eigenvalue weighted by molar-refractivity contribution is 0.669. The minimum atomic E-state index is -0.573. The van der Waals surface area contributed by atoms with Crippen molar-refractivity contribution in [1.29, 1.82) is 0 Å². The number of rotatable bonds is 6. The Morgan fingerprint density at radius 3 is 1.52 bits per heavy atom. The largest absolute Gasteiger partial charge is 0.455 e. The number of furan rings is 1. The molecular formula is C52H33N3O. The zero-order chi connectivity index (χ0) is 37.1. The lowest BCUT2D eigenvalue weighted by Crippen LogP contribution is -2.28. The molecule has 0 fully saturated rings. The van der Waals surface area contributed by atoms with Gasteiger partial charge >= 0.3 is 0 Å². The Morgan fingerprint density at radius 1 is 0.375 bits per heavy atom. The lowest BCUT2D eigenvalue weighted by atomic mass is 9.67. The first-order valence-corrected chi connectivity index (χ1v) is 18.9. The van der Waals surface area contributed by atoms with Gasteiger partial charge in [-0.2, -0.15) is 0 Å². The molecule has 0 amide bonds. The van der Waals surface area contributed by atoms with Crippen molar-refractivity contribution < 1.29 is 4.42 Å². The number of aromatic nitrogens is 3. The minimum absolute atomic E-state index is 0.573. The molecule has 0 saturated heterocycles. The molecule has 0 unspecified atom stereocenters. The lowest BCUT2D eigenvalue weighted by Gasteiger charge is -2.34. The Hall–Kier alpha value is -7.43. The Balaban J connectivity index is 1.21. The van der Waals surface area contributed by atoms with Gasteiger partial charge in [0, 0.05) is 33.0 Å². The van der Waals surface area contributed by atoms with E-state index in [0.717, 1.165) is 49.8 Å². The molecule has 0 aliphatic heterocycles. The summed E-state index contributed by atoms with van der Waals surface area (Å²) in [5.74, 6) is 1.87. The summed E-state index contributed by atoms with van der Waals surface area (Å²) in [6.45, 7) is 0. The molecule has 0 N–H and O–H groups in total. The first-order chi connectivity index (χ1) is 27.8. The van der Waals surface area contributed by atoms with E-state index in [9.17, 15) is 0 Å². The van der Waals surface area contributed by atoms with Crippen molar-refractivity contribution in [2.45, 2.75) is 5.41 Å². The van der Waals surface area contributed by atoms with Crippen molar-refractivity contribution in [1.82, 2.24) is 15.0 Å². The standard InChI is InChI=1S/C52H33N3O/c1-5-18-34(19-6-1)49-53-50(35-20-7-2-8-21-35)55-51(54-49)37-23-17-22-36(32-37)42-33-44-46(47-41-29-14-16-31-45(41)56-48(42)47)40-28-13-15-30-43(40)52(44,38-24-9-3-10-25-38)39-26-11-4-12-27-39/h1-33H. The van der Waals surface area contributed by atoms with E-state index in [-0.39, 0.29) is 0 Å². The van der Waals surface area contributed by atoms with Crippen LogP contribution in [-0.2, 0) is 5.41 Å². The molecule has 1 aliphatic rings. The number of benzene rings is 8. The maximum atomic E-state index is 6.92. The zero-order valence-corrected chi connectivity index (χ0v) is 30.3. The average molecular weight is 716 g/mol. The molecule has 262 valence electrons. The van der Waals surface area contributed by atoms with Gasteiger partial charge in [-0.3, -0.25) is 0 Å². The molecule has 0 atom stereocenters. The fourth-order valence-electron chi connectivity index (χ4n) is 8.79. The topological polar surface area (TPSA) is 51.8 Å². The van der Waals surface area contributed by atoms with Crippen LogP contribution in [0, 0.1) is 0 Å². The smallest absolute Gasteiger partial charge is 0.164 e. The molecule has 4 heteroatoms. The van der Waals surface area contributed by atoms with Crippen molar-refractivity contribution in [2.24, 2.45) is 0 Å². The van der Waals surface area contributed by atoms with Crippen molar-refractivity contribution in [2.75, 3.05) is 0 Å². The Kier molecular flexibility index (Phi) is 7.36. The molecule has 2 heterocycles. The molecule has 0 radical (unpaired) electrons. The van der Waals surface area contributed by atoms with E-state index in [1.165, 1.54) is 33.4 Å². The summed E-state index contributed by atoms with van der Waals surface area (Å²) >= 11 is 0. The van der Waals surface area contributed by atoms with Gasteiger partial charge in [-0.15, -0.1) is 0 Å². The first kappa shape index (κ1) is 32.0. The van der Waals surface area contributed by atoms with E-state index >= 15 is 0 Å². The van der Waals surface area contributed by atoms with Crippen LogP contribution < -0.4 is 0 Å². The third-order valence-electron chi connectivity index (χ3n) is 11.2. The van der Waals surface area contributed by atoms with Crippen LogP contribution in [0.15, 0.2) is 205 Å². The Bertz CT molecular complexity index is 2970. The van der Waals surface area contributed by atoms with Crippen LogP contribution in [0.25, 0.3) is 78.4 Å². The van der Waals surface area contributed by atoms with Gasteiger partial charge in [0.2, 0.25) is 0 Å². The maximum Gasteiger partial charge on any atom is 0.164 e. The number of nitrogens with zero attached hydrogens (tertiary/aromatic N) is 3. The highest BCUT2D eigenvalue weighted by molar-refractivity contribution is 6.19. The molecular weight excluding hydrogens is 683 g/mol. The predicted molar refractivity (Wildman–Crippen MR) is 226 cm³/mol. The van der Waals surface area contributed by atoms with E-state index in [4.69, 9.17) is 19.4 Å². The number of hydrogen-bond donors (Lipinski definition) is 0.